The molecule has 3 nitrogen and oxygen atoms in total. The standard InChI is InChI=1S/C10H13BrN2O/c11-7-1-2-8(12-5-7)6-13-9-3-4-10(9)14/h1-2,5,9-10,13-14H,3-4,6H2/t9-,10-/m1/s1. The summed E-state index contributed by atoms with van der Waals surface area (Å²) in [5.74, 6) is 0. The van der Waals surface area contributed by atoms with Gasteiger partial charge in [-0.3, -0.25) is 4.98 Å². The smallest absolute Gasteiger partial charge is 0.0693 e. The van der Waals surface area contributed by atoms with Gasteiger partial charge in [0, 0.05) is 23.3 Å². The molecular weight excluding hydrogens is 244 g/mol. The molecule has 2 N–H and O–H groups in total. The van der Waals surface area contributed by atoms with Crippen LogP contribution in [0, 0.1) is 0 Å². The summed E-state index contributed by atoms with van der Waals surface area (Å²) >= 11 is 3.34. The molecule has 1 fully saturated rings. The van der Waals surface area contributed by atoms with E-state index < -0.39 is 0 Å². The lowest BCUT2D eigenvalue weighted by Gasteiger charge is -2.33. The van der Waals surface area contributed by atoms with Gasteiger partial charge in [0.15, 0.2) is 0 Å². The molecule has 0 unspecified atom stereocenters. The Bertz CT molecular complexity index is 301. The fourth-order valence-corrected chi connectivity index (χ4v) is 1.70. The molecule has 0 spiro atoms. The van der Waals surface area contributed by atoms with Crippen molar-refractivity contribution in [3.63, 3.8) is 0 Å². The van der Waals surface area contributed by atoms with Gasteiger partial charge in [-0.15, -0.1) is 0 Å². The van der Waals surface area contributed by atoms with Crippen LogP contribution in [0.1, 0.15) is 18.5 Å². The van der Waals surface area contributed by atoms with E-state index in [9.17, 15) is 5.11 Å². The molecule has 0 aromatic carbocycles. The van der Waals surface area contributed by atoms with Crippen molar-refractivity contribution in [3.05, 3.63) is 28.5 Å². The van der Waals surface area contributed by atoms with Crippen LogP contribution in [0.4, 0.5) is 0 Å². The fourth-order valence-electron chi connectivity index (χ4n) is 1.47. The van der Waals surface area contributed by atoms with E-state index in [1.807, 2.05) is 12.1 Å². The van der Waals surface area contributed by atoms with Gasteiger partial charge in [0.05, 0.1) is 11.8 Å². The number of hydrogen-bond donors (Lipinski definition) is 2. The summed E-state index contributed by atoms with van der Waals surface area (Å²) in [6.07, 6.45) is 3.61. The molecule has 0 bridgehead atoms. The number of nitrogens with one attached hydrogen (secondary N) is 1. The fraction of sp³-hybridized carbons (Fsp3) is 0.500. The van der Waals surface area contributed by atoms with Gasteiger partial charge in [0.2, 0.25) is 0 Å². The maximum absolute atomic E-state index is 9.34. The molecule has 14 heavy (non-hydrogen) atoms. The van der Waals surface area contributed by atoms with E-state index >= 15 is 0 Å². The first-order valence-corrected chi connectivity index (χ1v) is 5.57. The number of hydrogen-bond acceptors (Lipinski definition) is 3. The first kappa shape index (κ1) is 10.1. The van der Waals surface area contributed by atoms with Crippen molar-refractivity contribution in [3.8, 4) is 0 Å². The maximum atomic E-state index is 9.34. The van der Waals surface area contributed by atoms with Crippen LogP contribution in [-0.4, -0.2) is 22.2 Å². The predicted molar refractivity (Wildman–Crippen MR) is 57.8 cm³/mol. The Morgan fingerprint density at radius 2 is 2.36 bits per heavy atom. The third-order valence-electron chi connectivity index (χ3n) is 2.57. The van der Waals surface area contributed by atoms with Crippen LogP contribution in [0.3, 0.4) is 0 Å². The molecule has 1 aliphatic rings. The monoisotopic (exact) mass is 256 g/mol. The van der Waals surface area contributed by atoms with Crippen LogP contribution in [0.25, 0.3) is 0 Å². The second kappa shape index (κ2) is 4.38. The molecule has 2 rings (SSSR count). The Kier molecular flexibility index (Phi) is 3.15. The lowest BCUT2D eigenvalue weighted by atomic mass is 9.89. The van der Waals surface area contributed by atoms with Crippen LogP contribution in [0.15, 0.2) is 22.8 Å². The van der Waals surface area contributed by atoms with E-state index in [0.29, 0.717) is 0 Å². The Balaban J connectivity index is 1.83. The molecule has 4 heteroatoms. The van der Waals surface area contributed by atoms with Gasteiger partial charge < -0.3 is 10.4 Å². The average Bonchev–Trinajstić information content (AvgIpc) is 2.19. The van der Waals surface area contributed by atoms with Gasteiger partial charge in [-0.05, 0) is 40.9 Å². The first-order valence-electron chi connectivity index (χ1n) is 4.77. The minimum atomic E-state index is -0.162. The average molecular weight is 257 g/mol. The Hall–Kier alpha value is -0.450. The van der Waals surface area contributed by atoms with Crippen molar-refractivity contribution in [2.45, 2.75) is 31.5 Å². The van der Waals surface area contributed by atoms with Crippen LogP contribution < -0.4 is 5.32 Å². The van der Waals surface area contributed by atoms with Crippen molar-refractivity contribution in [2.24, 2.45) is 0 Å². The van der Waals surface area contributed by atoms with Gasteiger partial charge in [-0.1, -0.05) is 0 Å². The molecule has 0 aliphatic heterocycles. The third kappa shape index (κ3) is 2.32. The first-order chi connectivity index (χ1) is 6.75. The SMILES string of the molecule is O[C@@H]1CC[C@H]1NCc1ccc(Br)cn1. The number of halogens is 1. The quantitative estimate of drug-likeness (QED) is 0.861. The van der Waals surface area contributed by atoms with E-state index in [2.05, 4.69) is 26.2 Å². The van der Waals surface area contributed by atoms with E-state index in [0.717, 1.165) is 29.6 Å². The second-order valence-corrected chi connectivity index (χ2v) is 4.52. The summed E-state index contributed by atoms with van der Waals surface area (Å²) in [5.41, 5.74) is 1.01. The van der Waals surface area contributed by atoms with Gasteiger partial charge in [0.25, 0.3) is 0 Å². The summed E-state index contributed by atoms with van der Waals surface area (Å²) in [6.45, 7) is 0.731. The molecule has 1 aromatic heterocycles. The van der Waals surface area contributed by atoms with Crippen molar-refractivity contribution in [1.29, 1.82) is 0 Å². The van der Waals surface area contributed by atoms with Gasteiger partial charge >= 0.3 is 0 Å². The van der Waals surface area contributed by atoms with Gasteiger partial charge in [-0.2, -0.15) is 0 Å². The zero-order valence-corrected chi connectivity index (χ0v) is 9.37. The number of aromatic nitrogens is 1. The normalized spacial score (nSPS) is 25.9. The molecule has 0 radical (unpaired) electrons. The highest BCUT2D eigenvalue weighted by Crippen LogP contribution is 2.19. The van der Waals surface area contributed by atoms with Crippen LogP contribution >= 0.6 is 15.9 Å². The van der Waals surface area contributed by atoms with Crippen molar-refractivity contribution in [2.75, 3.05) is 0 Å². The Morgan fingerprint density at radius 3 is 2.86 bits per heavy atom. The highest BCUT2D eigenvalue weighted by atomic mass is 79.9. The molecular formula is C10H13BrN2O. The summed E-state index contributed by atoms with van der Waals surface area (Å²) in [4.78, 5) is 4.24. The van der Waals surface area contributed by atoms with Gasteiger partial charge in [0.1, 0.15) is 0 Å². The topological polar surface area (TPSA) is 45.1 Å². The summed E-state index contributed by atoms with van der Waals surface area (Å²) in [5, 5.41) is 12.6. The number of aliphatic hydroxyl groups excluding tert-OH is 1. The van der Waals surface area contributed by atoms with Crippen molar-refractivity contribution in [1.82, 2.24) is 10.3 Å². The molecule has 1 aromatic rings. The molecule has 1 aliphatic carbocycles. The van der Waals surface area contributed by atoms with Crippen LogP contribution in [0.5, 0.6) is 0 Å². The number of aliphatic hydroxyl groups is 1. The largest absolute Gasteiger partial charge is 0.392 e. The molecule has 76 valence electrons. The molecule has 0 amide bonds. The third-order valence-corrected chi connectivity index (χ3v) is 3.04. The summed E-state index contributed by atoms with van der Waals surface area (Å²) < 4.78 is 0.991. The number of nitrogens with zero attached hydrogens (tertiary/aromatic N) is 1. The zero-order chi connectivity index (χ0) is 9.97. The van der Waals surface area contributed by atoms with Crippen molar-refractivity contribution >= 4 is 15.9 Å². The molecule has 1 heterocycles. The number of pyridine rings is 1. The highest BCUT2D eigenvalue weighted by Gasteiger charge is 2.27. The van der Waals surface area contributed by atoms with E-state index in [1.54, 1.807) is 6.20 Å². The van der Waals surface area contributed by atoms with Crippen LogP contribution in [-0.2, 0) is 6.54 Å². The highest BCUT2D eigenvalue weighted by molar-refractivity contribution is 9.10. The summed E-state index contributed by atoms with van der Waals surface area (Å²) in [6, 6.07) is 4.21. The second-order valence-electron chi connectivity index (χ2n) is 3.60. The molecule has 2 atom stereocenters. The van der Waals surface area contributed by atoms with Crippen LogP contribution in [0.2, 0.25) is 0 Å². The maximum Gasteiger partial charge on any atom is 0.0693 e. The van der Waals surface area contributed by atoms with Gasteiger partial charge in [-0.25, -0.2) is 0 Å². The van der Waals surface area contributed by atoms with E-state index in [4.69, 9.17) is 0 Å². The lowest BCUT2D eigenvalue weighted by Crippen LogP contribution is -2.47. The minimum absolute atomic E-state index is 0.162. The zero-order valence-electron chi connectivity index (χ0n) is 7.78. The molecule has 0 saturated heterocycles. The van der Waals surface area contributed by atoms with E-state index in [1.165, 1.54) is 0 Å². The number of rotatable bonds is 3. The summed E-state index contributed by atoms with van der Waals surface area (Å²) in [7, 11) is 0. The molecule has 1 saturated carbocycles. The minimum Gasteiger partial charge on any atom is -0.392 e. The predicted octanol–water partition coefficient (Wildman–Crippen LogP) is 1.46. The van der Waals surface area contributed by atoms with E-state index in [-0.39, 0.29) is 12.1 Å². The Morgan fingerprint density at radius 1 is 1.50 bits per heavy atom. The lowest BCUT2D eigenvalue weighted by molar-refractivity contribution is 0.0491. The Labute approximate surface area is 91.7 Å². The van der Waals surface area contributed by atoms with Crippen molar-refractivity contribution < 1.29 is 5.11 Å².